The van der Waals surface area contributed by atoms with Gasteiger partial charge in [-0.05, 0) is 13.3 Å². The molecule has 2 nitrogen and oxygen atoms in total. The predicted octanol–water partition coefficient (Wildman–Crippen LogP) is 4.58. The molecule has 0 radical (unpaired) electrons. The largest absolute Gasteiger partial charge is 0.362 e. The number of unbranched alkanes of at least 4 members (excludes halogenated alkanes) is 7. The van der Waals surface area contributed by atoms with E-state index in [-0.39, 0.29) is 0 Å². The highest BCUT2D eigenvalue weighted by molar-refractivity contribution is 4.91. The van der Waals surface area contributed by atoms with Crippen LogP contribution in [0.1, 0.15) is 71.6 Å². The van der Waals surface area contributed by atoms with Gasteiger partial charge < -0.3 is 9.80 Å². The van der Waals surface area contributed by atoms with Crippen LogP contribution >= 0.6 is 0 Å². The van der Waals surface area contributed by atoms with Crippen molar-refractivity contribution >= 4 is 0 Å². The smallest absolute Gasteiger partial charge is 0.0893 e. The highest BCUT2D eigenvalue weighted by Crippen LogP contribution is 2.15. The zero-order valence-electron chi connectivity index (χ0n) is 12.7. The van der Waals surface area contributed by atoms with Crippen molar-refractivity contribution in [3.05, 3.63) is 12.4 Å². The average Bonchev–Trinajstić information content (AvgIpc) is 2.79. The zero-order valence-corrected chi connectivity index (χ0v) is 12.7. The van der Waals surface area contributed by atoms with E-state index in [0.29, 0.717) is 6.04 Å². The van der Waals surface area contributed by atoms with Crippen LogP contribution in [-0.4, -0.2) is 29.6 Å². The van der Waals surface area contributed by atoms with Gasteiger partial charge in [-0.25, -0.2) is 0 Å². The molecule has 1 aliphatic heterocycles. The maximum Gasteiger partial charge on any atom is 0.0893 e. The van der Waals surface area contributed by atoms with Gasteiger partial charge in [0.05, 0.1) is 6.67 Å². The van der Waals surface area contributed by atoms with E-state index in [1.165, 1.54) is 57.8 Å². The van der Waals surface area contributed by atoms with E-state index < -0.39 is 0 Å². The van der Waals surface area contributed by atoms with Gasteiger partial charge in [-0.15, -0.1) is 0 Å². The Balaban J connectivity index is 1.90. The lowest BCUT2D eigenvalue weighted by atomic mass is 10.0. The second kappa shape index (κ2) is 9.29. The van der Waals surface area contributed by atoms with E-state index in [1.54, 1.807) is 0 Å². The van der Waals surface area contributed by atoms with Crippen LogP contribution in [0.15, 0.2) is 12.4 Å². The SMILES string of the molecule is CCCCCCCCCCC(C)N1C=CN(C)C1. The van der Waals surface area contributed by atoms with Crippen LogP contribution in [0.25, 0.3) is 0 Å². The molecule has 0 saturated heterocycles. The third kappa shape index (κ3) is 6.32. The van der Waals surface area contributed by atoms with Crippen molar-refractivity contribution in [3.8, 4) is 0 Å². The van der Waals surface area contributed by atoms with Crippen LogP contribution in [0.5, 0.6) is 0 Å². The van der Waals surface area contributed by atoms with Gasteiger partial charge in [0.25, 0.3) is 0 Å². The molecule has 1 aliphatic rings. The van der Waals surface area contributed by atoms with Crippen LogP contribution in [0, 0.1) is 0 Å². The molecule has 1 unspecified atom stereocenters. The van der Waals surface area contributed by atoms with Crippen LogP contribution in [0.3, 0.4) is 0 Å². The monoisotopic (exact) mass is 252 g/mol. The van der Waals surface area contributed by atoms with E-state index >= 15 is 0 Å². The Hall–Kier alpha value is -0.660. The van der Waals surface area contributed by atoms with E-state index in [1.807, 2.05) is 0 Å². The van der Waals surface area contributed by atoms with Crippen molar-refractivity contribution in [1.29, 1.82) is 0 Å². The first-order valence-corrected chi connectivity index (χ1v) is 7.88. The van der Waals surface area contributed by atoms with Crippen molar-refractivity contribution in [2.45, 2.75) is 77.7 Å². The minimum atomic E-state index is 0.700. The molecule has 0 aliphatic carbocycles. The topological polar surface area (TPSA) is 6.48 Å². The third-order valence-electron chi connectivity index (χ3n) is 3.94. The van der Waals surface area contributed by atoms with Gasteiger partial charge >= 0.3 is 0 Å². The van der Waals surface area contributed by atoms with Crippen molar-refractivity contribution < 1.29 is 0 Å². The summed E-state index contributed by atoms with van der Waals surface area (Å²) < 4.78 is 0. The van der Waals surface area contributed by atoms with Gasteiger partial charge in [0.2, 0.25) is 0 Å². The number of rotatable bonds is 10. The molecule has 0 amide bonds. The number of nitrogens with zero attached hydrogens (tertiary/aromatic N) is 2. The van der Waals surface area contributed by atoms with Crippen LogP contribution in [0.2, 0.25) is 0 Å². The van der Waals surface area contributed by atoms with Crippen molar-refractivity contribution in [1.82, 2.24) is 9.80 Å². The van der Waals surface area contributed by atoms with Crippen LogP contribution in [-0.2, 0) is 0 Å². The van der Waals surface area contributed by atoms with Gasteiger partial charge in [-0.2, -0.15) is 0 Å². The number of hydrogen-bond acceptors (Lipinski definition) is 2. The van der Waals surface area contributed by atoms with Gasteiger partial charge in [0.15, 0.2) is 0 Å². The molecular formula is C16H32N2. The lowest BCUT2D eigenvalue weighted by Gasteiger charge is -2.25. The van der Waals surface area contributed by atoms with Gasteiger partial charge in [0.1, 0.15) is 0 Å². The summed E-state index contributed by atoms with van der Waals surface area (Å²) in [6.07, 6.45) is 17.1. The minimum Gasteiger partial charge on any atom is -0.362 e. The van der Waals surface area contributed by atoms with Crippen molar-refractivity contribution in [2.75, 3.05) is 13.7 Å². The highest BCUT2D eigenvalue weighted by atomic mass is 15.3. The summed E-state index contributed by atoms with van der Waals surface area (Å²) in [5.41, 5.74) is 0. The van der Waals surface area contributed by atoms with E-state index in [0.717, 1.165) is 6.67 Å². The second-order valence-corrected chi connectivity index (χ2v) is 5.82. The summed E-state index contributed by atoms with van der Waals surface area (Å²) in [6.45, 7) is 5.70. The third-order valence-corrected chi connectivity index (χ3v) is 3.94. The Kier molecular flexibility index (Phi) is 7.95. The predicted molar refractivity (Wildman–Crippen MR) is 80.3 cm³/mol. The Morgan fingerprint density at radius 1 is 0.944 bits per heavy atom. The summed E-state index contributed by atoms with van der Waals surface area (Å²) in [5, 5.41) is 0. The first kappa shape index (κ1) is 15.4. The Morgan fingerprint density at radius 2 is 1.56 bits per heavy atom. The fourth-order valence-corrected chi connectivity index (χ4v) is 2.58. The van der Waals surface area contributed by atoms with E-state index in [2.05, 4.69) is 43.1 Å². The maximum absolute atomic E-state index is 2.45. The Bertz CT molecular complexity index is 225. The normalized spacial score (nSPS) is 16.6. The van der Waals surface area contributed by atoms with E-state index in [9.17, 15) is 0 Å². The first-order valence-electron chi connectivity index (χ1n) is 7.88. The Morgan fingerprint density at radius 3 is 2.11 bits per heavy atom. The molecule has 0 bridgehead atoms. The lowest BCUT2D eigenvalue weighted by molar-refractivity contribution is 0.229. The van der Waals surface area contributed by atoms with Gasteiger partial charge in [-0.3, -0.25) is 0 Å². The minimum absolute atomic E-state index is 0.700. The lowest BCUT2D eigenvalue weighted by Crippen LogP contribution is -2.30. The first-order chi connectivity index (χ1) is 8.74. The van der Waals surface area contributed by atoms with Crippen LogP contribution < -0.4 is 0 Å². The summed E-state index contributed by atoms with van der Waals surface area (Å²) in [6, 6.07) is 0.700. The molecular weight excluding hydrogens is 220 g/mol. The average molecular weight is 252 g/mol. The molecule has 1 atom stereocenters. The zero-order chi connectivity index (χ0) is 13.2. The van der Waals surface area contributed by atoms with Crippen LogP contribution in [0.4, 0.5) is 0 Å². The standard InChI is InChI=1S/C16H32N2/c1-4-5-6-7-8-9-10-11-12-16(2)18-14-13-17(3)15-18/h13-14,16H,4-12,15H2,1-3H3. The highest BCUT2D eigenvalue weighted by Gasteiger charge is 2.14. The fraction of sp³-hybridized carbons (Fsp3) is 0.875. The quantitative estimate of drug-likeness (QED) is 0.525. The second-order valence-electron chi connectivity index (χ2n) is 5.82. The molecule has 0 aromatic carbocycles. The summed E-state index contributed by atoms with van der Waals surface area (Å²) >= 11 is 0. The molecule has 0 aromatic rings. The molecule has 0 N–H and O–H groups in total. The summed E-state index contributed by atoms with van der Waals surface area (Å²) in [7, 11) is 2.14. The molecule has 0 fully saturated rings. The van der Waals surface area contributed by atoms with Gasteiger partial charge in [0, 0.05) is 25.5 Å². The molecule has 2 heteroatoms. The Labute approximate surface area is 114 Å². The summed E-state index contributed by atoms with van der Waals surface area (Å²) in [5.74, 6) is 0. The van der Waals surface area contributed by atoms with E-state index in [4.69, 9.17) is 0 Å². The summed E-state index contributed by atoms with van der Waals surface area (Å²) in [4.78, 5) is 4.69. The molecule has 18 heavy (non-hydrogen) atoms. The fourth-order valence-electron chi connectivity index (χ4n) is 2.58. The molecule has 0 aromatic heterocycles. The van der Waals surface area contributed by atoms with Crippen molar-refractivity contribution in [2.24, 2.45) is 0 Å². The van der Waals surface area contributed by atoms with Gasteiger partial charge in [-0.1, -0.05) is 58.3 Å². The molecule has 0 saturated carbocycles. The number of hydrogen-bond donors (Lipinski definition) is 0. The molecule has 0 spiro atoms. The van der Waals surface area contributed by atoms with Crippen molar-refractivity contribution in [3.63, 3.8) is 0 Å². The molecule has 1 heterocycles. The molecule has 106 valence electrons. The maximum atomic E-state index is 2.45. The molecule has 1 rings (SSSR count).